The number of rotatable bonds is 1. The molecule has 2 rings (SSSR count). The SMILES string of the molecule is CC1CN(C(=O)c2ccc(Cl)o2)C(C)CN1. The van der Waals surface area contributed by atoms with E-state index in [-0.39, 0.29) is 17.2 Å². The summed E-state index contributed by atoms with van der Waals surface area (Å²) in [5.41, 5.74) is 0. The minimum Gasteiger partial charge on any atom is -0.440 e. The number of furan rings is 1. The first kappa shape index (κ1) is 11.5. The Morgan fingerprint density at radius 1 is 1.56 bits per heavy atom. The van der Waals surface area contributed by atoms with Gasteiger partial charge in [0.05, 0.1) is 0 Å². The zero-order valence-corrected chi connectivity index (χ0v) is 10.1. The molecule has 1 aliphatic rings. The van der Waals surface area contributed by atoms with Gasteiger partial charge in [0.2, 0.25) is 0 Å². The molecular weight excluding hydrogens is 228 g/mol. The highest BCUT2D eigenvalue weighted by atomic mass is 35.5. The van der Waals surface area contributed by atoms with E-state index in [0.29, 0.717) is 18.3 Å². The van der Waals surface area contributed by atoms with Gasteiger partial charge in [-0.1, -0.05) is 0 Å². The van der Waals surface area contributed by atoms with Gasteiger partial charge in [-0.2, -0.15) is 0 Å². The van der Waals surface area contributed by atoms with Gasteiger partial charge in [0.15, 0.2) is 11.0 Å². The number of halogens is 1. The molecule has 5 heteroatoms. The van der Waals surface area contributed by atoms with E-state index >= 15 is 0 Å². The van der Waals surface area contributed by atoms with Gasteiger partial charge in [0.1, 0.15) is 0 Å². The van der Waals surface area contributed by atoms with Crippen molar-refractivity contribution < 1.29 is 9.21 Å². The fourth-order valence-corrected chi connectivity index (χ4v) is 2.02. The fraction of sp³-hybridized carbons (Fsp3) is 0.545. The van der Waals surface area contributed by atoms with Gasteiger partial charge in [-0.3, -0.25) is 4.79 Å². The van der Waals surface area contributed by atoms with E-state index in [2.05, 4.69) is 12.2 Å². The highest BCUT2D eigenvalue weighted by molar-refractivity contribution is 6.29. The Bertz CT molecular complexity index is 391. The van der Waals surface area contributed by atoms with Crippen molar-refractivity contribution in [3.63, 3.8) is 0 Å². The average Bonchev–Trinajstić information content (AvgIpc) is 2.67. The van der Waals surface area contributed by atoms with Gasteiger partial charge in [-0.15, -0.1) is 0 Å². The number of carbonyl (C=O) groups excluding carboxylic acids is 1. The van der Waals surface area contributed by atoms with Crippen molar-refractivity contribution in [2.45, 2.75) is 25.9 Å². The van der Waals surface area contributed by atoms with Crippen molar-refractivity contribution in [1.29, 1.82) is 0 Å². The van der Waals surface area contributed by atoms with Gasteiger partial charge in [-0.05, 0) is 37.6 Å². The Hall–Kier alpha value is -1.00. The van der Waals surface area contributed by atoms with E-state index in [1.54, 1.807) is 12.1 Å². The first-order valence-corrected chi connectivity index (χ1v) is 5.75. The molecule has 2 atom stereocenters. The van der Waals surface area contributed by atoms with Gasteiger partial charge in [0.25, 0.3) is 5.91 Å². The Labute approximate surface area is 99.5 Å². The van der Waals surface area contributed by atoms with Crippen LogP contribution in [0.1, 0.15) is 24.4 Å². The highest BCUT2D eigenvalue weighted by Gasteiger charge is 2.28. The summed E-state index contributed by atoms with van der Waals surface area (Å²) >= 11 is 5.66. The van der Waals surface area contributed by atoms with E-state index < -0.39 is 0 Å². The quantitative estimate of drug-likeness (QED) is 0.816. The number of carbonyl (C=O) groups is 1. The predicted molar refractivity (Wildman–Crippen MR) is 61.7 cm³/mol. The van der Waals surface area contributed by atoms with Crippen LogP contribution in [0.25, 0.3) is 0 Å². The number of nitrogens with zero attached hydrogens (tertiary/aromatic N) is 1. The fourth-order valence-electron chi connectivity index (χ4n) is 1.88. The third-order valence-electron chi connectivity index (χ3n) is 2.81. The molecule has 1 aliphatic heterocycles. The molecule has 4 nitrogen and oxygen atoms in total. The maximum atomic E-state index is 12.1. The molecule has 1 N–H and O–H groups in total. The lowest BCUT2D eigenvalue weighted by molar-refractivity contribution is 0.0584. The van der Waals surface area contributed by atoms with Crippen LogP contribution in [0.2, 0.25) is 5.22 Å². The van der Waals surface area contributed by atoms with Crippen LogP contribution in [0.3, 0.4) is 0 Å². The summed E-state index contributed by atoms with van der Waals surface area (Å²) in [6.45, 7) is 5.57. The Balaban J connectivity index is 2.14. The summed E-state index contributed by atoms with van der Waals surface area (Å²) in [5.74, 6) is 0.221. The summed E-state index contributed by atoms with van der Waals surface area (Å²) in [4.78, 5) is 13.9. The molecule has 0 bridgehead atoms. The molecule has 1 aromatic rings. The van der Waals surface area contributed by atoms with Crippen LogP contribution in [0.15, 0.2) is 16.5 Å². The first-order valence-electron chi connectivity index (χ1n) is 5.37. The Kier molecular flexibility index (Phi) is 3.21. The van der Waals surface area contributed by atoms with Crippen LogP contribution in [-0.4, -0.2) is 36.0 Å². The van der Waals surface area contributed by atoms with E-state index in [4.69, 9.17) is 16.0 Å². The molecule has 88 valence electrons. The second-order valence-corrected chi connectivity index (χ2v) is 4.59. The Morgan fingerprint density at radius 2 is 2.31 bits per heavy atom. The molecule has 0 aromatic carbocycles. The third-order valence-corrected chi connectivity index (χ3v) is 3.01. The summed E-state index contributed by atoms with van der Waals surface area (Å²) in [6.07, 6.45) is 0. The largest absolute Gasteiger partial charge is 0.440 e. The molecule has 0 saturated carbocycles. The zero-order valence-electron chi connectivity index (χ0n) is 9.37. The predicted octanol–water partition coefficient (Wildman–Crippen LogP) is 1.76. The second-order valence-electron chi connectivity index (χ2n) is 4.22. The van der Waals surface area contributed by atoms with Crippen molar-refractivity contribution in [2.24, 2.45) is 0 Å². The standard InChI is InChI=1S/C11H15ClN2O2/c1-7-6-14(8(2)5-13-7)11(15)9-3-4-10(12)16-9/h3-4,7-8,13H,5-6H2,1-2H3. The normalized spacial score (nSPS) is 25.8. The summed E-state index contributed by atoms with van der Waals surface area (Å²) in [6, 6.07) is 3.69. The minimum atomic E-state index is -0.0900. The zero-order chi connectivity index (χ0) is 11.7. The molecule has 1 aromatic heterocycles. The number of piperazine rings is 1. The molecule has 1 saturated heterocycles. The number of hydrogen-bond donors (Lipinski definition) is 1. The van der Waals surface area contributed by atoms with Crippen molar-refractivity contribution in [1.82, 2.24) is 10.2 Å². The number of hydrogen-bond acceptors (Lipinski definition) is 3. The van der Waals surface area contributed by atoms with Gasteiger partial charge in [-0.25, -0.2) is 0 Å². The number of nitrogens with one attached hydrogen (secondary N) is 1. The monoisotopic (exact) mass is 242 g/mol. The third kappa shape index (κ3) is 2.23. The number of amides is 1. The van der Waals surface area contributed by atoms with Crippen LogP contribution < -0.4 is 5.32 Å². The molecular formula is C11H15ClN2O2. The molecule has 0 spiro atoms. The lowest BCUT2D eigenvalue weighted by atomic mass is 10.1. The van der Waals surface area contributed by atoms with Gasteiger partial charge in [0, 0.05) is 25.2 Å². The van der Waals surface area contributed by atoms with Crippen LogP contribution in [0.4, 0.5) is 0 Å². The maximum absolute atomic E-state index is 12.1. The Morgan fingerprint density at radius 3 is 2.94 bits per heavy atom. The lowest BCUT2D eigenvalue weighted by Gasteiger charge is -2.37. The van der Waals surface area contributed by atoms with E-state index in [0.717, 1.165) is 6.54 Å². The second kappa shape index (κ2) is 4.47. The van der Waals surface area contributed by atoms with E-state index in [1.165, 1.54) is 0 Å². The van der Waals surface area contributed by atoms with Gasteiger partial charge >= 0.3 is 0 Å². The van der Waals surface area contributed by atoms with E-state index in [9.17, 15) is 4.79 Å². The maximum Gasteiger partial charge on any atom is 0.289 e. The molecule has 16 heavy (non-hydrogen) atoms. The van der Waals surface area contributed by atoms with Crippen LogP contribution in [0.5, 0.6) is 0 Å². The molecule has 0 radical (unpaired) electrons. The van der Waals surface area contributed by atoms with Crippen LogP contribution in [-0.2, 0) is 0 Å². The summed E-state index contributed by atoms with van der Waals surface area (Å²) in [7, 11) is 0. The van der Waals surface area contributed by atoms with Crippen LogP contribution in [0, 0.1) is 0 Å². The lowest BCUT2D eigenvalue weighted by Crippen LogP contribution is -2.56. The highest BCUT2D eigenvalue weighted by Crippen LogP contribution is 2.17. The first-order chi connectivity index (χ1) is 7.58. The molecule has 2 heterocycles. The summed E-state index contributed by atoms with van der Waals surface area (Å²) < 4.78 is 5.14. The molecule has 1 amide bonds. The van der Waals surface area contributed by atoms with Crippen molar-refractivity contribution in [3.8, 4) is 0 Å². The minimum absolute atomic E-state index is 0.0900. The van der Waals surface area contributed by atoms with Crippen LogP contribution >= 0.6 is 11.6 Å². The van der Waals surface area contributed by atoms with Gasteiger partial charge < -0.3 is 14.6 Å². The van der Waals surface area contributed by atoms with E-state index in [1.807, 2.05) is 11.8 Å². The van der Waals surface area contributed by atoms with Crippen molar-refractivity contribution >= 4 is 17.5 Å². The molecule has 2 unspecified atom stereocenters. The van der Waals surface area contributed by atoms with Crippen molar-refractivity contribution in [3.05, 3.63) is 23.1 Å². The molecule has 1 fully saturated rings. The molecule has 0 aliphatic carbocycles. The smallest absolute Gasteiger partial charge is 0.289 e. The average molecular weight is 243 g/mol. The topological polar surface area (TPSA) is 45.5 Å². The van der Waals surface area contributed by atoms with Crippen molar-refractivity contribution in [2.75, 3.05) is 13.1 Å². The summed E-state index contributed by atoms with van der Waals surface area (Å²) in [5, 5.41) is 3.57.